The number of carbonyl (C=O) groups is 1. The smallest absolute Gasteiger partial charge is 0.376 e. The summed E-state index contributed by atoms with van der Waals surface area (Å²) in [5.41, 5.74) is 2.53. The Bertz CT molecular complexity index is 974. The topological polar surface area (TPSA) is 50.4 Å². The van der Waals surface area contributed by atoms with Crippen LogP contribution in [0.1, 0.15) is 22.3 Å². The number of carbonyl (C=O) groups excluding carboxylic acids is 1. The van der Waals surface area contributed by atoms with Gasteiger partial charge in [0, 0.05) is 12.2 Å². The molecule has 0 saturated heterocycles. The van der Waals surface area contributed by atoms with E-state index in [1.165, 1.54) is 12.1 Å². The lowest BCUT2D eigenvalue weighted by atomic mass is 10.1. The summed E-state index contributed by atoms with van der Waals surface area (Å²) < 4.78 is 43.9. The summed E-state index contributed by atoms with van der Waals surface area (Å²) in [4.78, 5) is 12.0. The van der Waals surface area contributed by atoms with Crippen LogP contribution >= 0.6 is 0 Å². The van der Waals surface area contributed by atoms with Crippen molar-refractivity contribution in [1.82, 2.24) is 5.32 Å². The zero-order valence-corrected chi connectivity index (χ0v) is 16.8. The average Bonchev–Trinajstić information content (AvgIpc) is 2.77. The van der Waals surface area contributed by atoms with Crippen LogP contribution in [0.2, 0.25) is 0 Å². The second-order valence-corrected chi connectivity index (χ2v) is 7.00. The van der Waals surface area contributed by atoms with Gasteiger partial charge in [-0.25, -0.2) is 0 Å². The molecule has 0 atom stereocenters. The molecule has 0 bridgehead atoms. The number of alkyl halides is 3. The van der Waals surface area contributed by atoms with Gasteiger partial charge >= 0.3 is 6.18 Å². The van der Waals surface area contributed by atoms with Crippen molar-refractivity contribution >= 4 is 11.6 Å². The molecule has 3 aromatic rings. The van der Waals surface area contributed by atoms with Crippen LogP contribution in [0.3, 0.4) is 0 Å². The van der Waals surface area contributed by atoms with Gasteiger partial charge in [-0.1, -0.05) is 60.7 Å². The van der Waals surface area contributed by atoms with Gasteiger partial charge in [0.25, 0.3) is 0 Å². The molecule has 0 aromatic heterocycles. The van der Waals surface area contributed by atoms with Crippen molar-refractivity contribution in [2.45, 2.75) is 25.9 Å². The highest BCUT2D eigenvalue weighted by molar-refractivity contribution is 5.80. The van der Waals surface area contributed by atoms with Crippen molar-refractivity contribution in [1.29, 1.82) is 0 Å². The van der Waals surface area contributed by atoms with E-state index in [2.05, 4.69) is 10.6 Å². The zero-order chi connectivity index (χ0) is 22.1. The summed E-state index contributed by atoms with van der Waals surface area (Å²) in [6.45, 7) is 1.24. The molecule has 0 saturated carbocycles. The van der Waals surface area contributed by atoms with Crippen molar-refractivity contribution in [3.05, 3.63) is 101 Å². The lowest BCUT2D eigenvalue weighted by Crippen LogP contribution is -2.29. The molecule has 0 heterocycles. The molecule has 3 aromatic carbocycles. The first-order valence-electron chi connectivity index (χ1n) is 9.77. The van der Waals surface area contributed by atoms with Gasteiger partial charge in [0.2, 0.25) is 5.91 Å². The van der Waals surface area contributed by atoms with Crippen molar-refractivity contribution < 1.29 is 22.7 Å². The summed E-state index contributed by atoms with van der Waals surface area (Å²) >= 11 is 0. The second-order valence-electron chi connectivity index (χ2n) is 7.00. The number of rotatable bonds is 9. The first kappa shape index (κ1) is 22.4. The maximum absolute atomic E-state index is 12.7. The normalized spacial score (nSPS) is 11.2. The number of halogens is 3. The van der Waals surface area contributed by atoms with Gasteiger partial charge in [-0.2, -0.15) is 13.2 Å². The van der Waals surface area contributed by atoms with Crippen LogP contribution in [0.25, 0.3) is 0 Å². The molecule has 0 aliphatic rings. The van der Waals surface area contributed by atoms with Crippen molar-refractivity contribution in [3.8, 4) is 0 Å². The molecule has 0 spiro atoms. The predicted molar refractivity (Wildman–Crippen MR) is 113 cm³/mol. The summed E-state index contributed by atoms with van der Waals surface area (Å²) in [7, 11) is 0. The molecular formula is C24H23F3N2O2. The van der Waals surface area contributed by atoms with Crippen LogP contribution in [0.4, 0.5) is 18.9 Å². The minimum atomic E-state index is -4.42. The highest BCUT2D eigenvalue weighted by atomic mass is 19.4. The Morgan fingerprint density at radius 3 is 2.13 bits per heavy atom. The van der Waals surface area contributed by atoms with E-state index in [-0.39, 0.29) is 18.1 Å². The molecule has 7 heteroatoms. The fourth-order valence-corrected chi connectivity index (χ4v) is 2.87. The summed E-state index contributed by atoms with van der Waals surface area (Å²) in [6.07, 6.45) is -4.42. The Morgan fingerprint density at radius 2 is 1.45 bits per heavy atom. The lowest BCUT2D eigenvalue weighted by Gasteiger charge is -2.11. The Labute approximate surface area is 179 Å². The third kappa shape index (κ3) is 7.46. The Kier molecular flexibility index (Phi) is 7.67. The SMILES string of the molecule is O=C(CNc1cccc(C(F)(F)F)c1)NCc1ccc(COCc2ccccc2)cc1. The van der Waals surface area contributed by atoms with Gasteiger partial charge in [0.15, 0.2) is 0 Å². The van der Waals surface area contributed by atoms with Crippen molar-refractivity contribution in [2.24, 2.45) is 0 Å². The van der Waals surface area contributed by atoms with Crippen LogP contribution in [0.5, 0.6) is 0 Å². The molecule has 0 aliphatic carbocycles. The Balaban J connectivity index is 1.39. The van der Waals surface area contributed by atoms with Crippen LogP contribution in [0, 0.1) is 0 Å². The highest BCUT2D eigenvalue weighted by Crippen LogP contribution is 2.30. The number of hydrogen-bond donors (Lipinski definition) is 2. The van der Waals surface area contributed by atoms with Gasteiger partial charge in [-0.05, 0) is 34.9 Å². The molecule has 2 N–H and O–H groups in total. The van der Waals surface area contributed by atoms with E-state index >= 15 is 0 Å². The monoisotopic (exact) mass is 428 g/mol. The number of anilines is 1. The van der Waals surface area contributed by atoms with Crippen molar-refractivity contribution in [2.75, 3.05) is 11.9 Å². The van der Waals surface area contributed by atoms with Crippen LogP contribution in [-0.4, -0.2) is 12.5 Å². The number of hydrogen-bond acceptors (Lipinski definition) is 3. The van der Waals surface area contributed by atoms with E-state index in [0.29, 0.717) is 19.8 Å². The maximum Gasteiger partial charge on any atom is 0.416 e. The zero-order valence-electron chi connectivity index (χ0n) is 16.8. The first-order valence-corrected chi connectivity index (χ1v) is 9.77. The molecule has 0 aliphatic heterocycles. The Morgan fingerprint density at radius 1 is 0.806 bits per heavy atom. The molecule has 0 fully saturated rings. The van der Waals surface area contributed by atoms with E-state index in [4.69, 9.17) is 4.74 Å². The first-order chi connectivity index (χ1) is 14.9. The molecule has 0 radical (unpaired) electrons. The molecule has 1 amide bonds. The molecule has 162 valence electrons. The standard InChI is InChI=1S/C24H23F3N2O2/c25-24(26,27)21-7-4-8-22(13-21)28-15-23(30)29-14-18-9-11-20(12-10-18)17-31-16-19-5-2-1-3-6-19/h1-13,28H,14-17H2,(H,29,30). The quantitative estimate of drug-likeness (QED) is 0.496. The van der Waals surface area contributed by atoms with Gasteiger partial charge in [0.1, 0.15) is 0 Å². The summed E-state index contributed by atoms with van der Waals surface area (Å²) in [5.74, 6) is -0.312. The molecule has 4 nitrogen and oxygen atoms in total. The summed E-state index contributed by atoms with van der Waals surface area (Å²) in [5, 5.41) is 5.45. The lowest BCUT2D eigenvalue weighted by molar-refractivity contribution is -0.137. The fraction of sp³-hybridized carbons (Fsp3) is 0.208. The molecule has 3 rings (SSSR count). The van der Waals surface area contributed by atoms with E-state index < -0.39 is 11.7 Å². The van der Waals surface area contributed by atoms with E-state index in [1.54, 1.807) is 0 Å². The number of amides is 1. The maximum atomic E-state index is 12.7. The van der Waals surface area contributed by atoms with Gasteiger partial charge in [-0.15, -0.1) is 0 Å². The molecule has 0 unspecified atom stereocenters. The summed E-state index contributed by atoms with van der Waals surface area (Å²) in [6, 6.07) is 22.4. The fourth-order valence-electron chi connectivity index (χ4n) is 2.87. The molecule has 31 heavy (non-hydrogen) atoms. The van der Waals surface area contributed by atoms with Crippen LogP contribution in [0.15, 0.2) is 78.9 Å². The van der Waals surface area contributed by atoms with Gasteiger partial charge in [0.05, 0.1) is 25.3 Å². The van der Waals surface area contributed by atoms with E-state index in [1.807, 2.05) is 54.6 Å². The predicted octanol–water partition coefficient (Wildman–Crippen LogP) is 5.15. The largest absolute Gasteiger partial charge is 0.416 e. The third-order valence-corrected chi connectivity index (χ3v) is 4.54. The van der Waals surface area contributed by atoms with E-state index in [9.17, 15) is 18.0 Å². The Hall–Kier alpha value is -3.32. The van der Waals surface area contributed by atoms with Crippen molar-refractivity contribution in [3.63, 3.8) is 0 Å². The van der Waals surface area contributed by atoms with Crippen LogP contribution in [-0.2, 0) is 35.5 Å². The number of ether oxygens (including phenoxy) is 1. The number of nitrogens with one attached hydrogen (secondary N) is 2. The third-order valence-electron chi connectivity index (χ3n) is 4.54. The van der Waals surface area contributed by atoms with Crippen LogP contribution < -0.4 is 10.6 Å². The van der Waals surface area contributed by atoms with Gasteiger partial charge < -0.3 is 15.4 Å². The van der Waals surface area contributed by atoms with E-state index in [0.717, 1.165) is 28.8 Å². The second kappa shape index (κ2) is 10.6. The minimum absolute atomic E-state index is 0.118. The molecular weight excluding hydrogens is 405 g/mol. The number of benzene rings is 3. The highest BCUT2D eigenvalue weighted by Gasteiger charge is 2.30. The average molecular weight is 428 g/mol. The van der Waals surface area contributed by atoms with Gasteiger partial charge in [-0.3, -0.25) is 4.79 Å². The minimum Gasteiger partial charge on any atom is -0.376 e.